The Hall–Kier alpha value is -1.36. The fraction of sp³-hybridized carbons (Fsp3) is 0.600. The Labute approximate surface area is 89.6 Å². The number of carboxylic acids is 1. The Kier molecular flexibility index (Phi) is 5.00. The van der Waals surface area contributed by atoms with Gasteiger partial charge in [-0.25, -0.2) is 0 Å². The van der Waals surface area contributed by atoms with Crippen LogP contribution in [0, 0.1) is 5.41 Å². The van der Waals surface area contributed by atoms with E-state index >= 15 is 0 Å². The number of hydrogen-bond acceptors (Lipinski definition) is 3. The third-order valence-corrected chi connectivity index (χ3v) is 2.05. The highest BCUT2D eigenvalue weighted by atomic mass is 16.4. The van der Waals surface area contributed by atoms with E-state index in [-0.39, 0.29) is 25.5 Å². The van der Waals surface area contributed by atoms with Gasteiger partial charge in [0.25, 0.3) is 0 Å². The van der Waals surface area contributed by atoms with Gasteiger partial charge < -0.3 is 15.7 Å². The summed E-state index contributed by atoms with van der Waals surface area (Å²) in [4.78, 5) is 23.6. The minimum atomic E-state index is -1.04. The van der Waals surface area contributed by atoms with Crippen LogP contribution >= 0.6 is 0 Å². The molecule has 0 aromatic carbocycles. The molecule has 0 rings (SSSR count). The first-order valence-corrected chi connectivity index (χ1v) is 4.67. The molecule has 86 valence electrons. The fourth-order valence-corrected chi connectivity index (χ4v) is 1.05. The SMILES string of the molecule is C=CCN(CC(=O)O)C(=O)C(C)(C)CN. The summed E-state index contributed by atoms with van der Waals surface area (Å²) in [5.74, 6) is -1.31. The van der Waals surface area contributed by atoms with E-state index in [2.05, 4.69) is 6.58 Å². The minimum absolute atomic E-state index is 0.180. The Morgan fingerprint density at radius 2 is 2.07 bits per heavy atom. The molecule has 1 amide bonds. The topological polar surface area (TPSA) is 83.6 Å². The second-order valence-corrected chi connectivity index (χ2v) is 3.96. The first-order chi connectivity index (χ1) is 6.85. The zero-order valence-electron chi connectivity index (χ0n) is 9.19. The maximum absolute atomic E-state index is 11.9. The summed E-state index contributed by atoms with van der Waals surface area (Å²) in [6.07, 6.45) is 1.49. The quantitative estimate of drug-likeness (QED) is 0.613. The van der Waals surface area contributed by atoms with E-state index in [1.165, 1.54) is 11.0 Å². The molecular weight excluding hydrogens is 196 g/mol. The molecule has 15 heavy (non-hydrogen) atoms. The van der Waals surface area contributed by atoms with Crippen molar-refractivity contribution in [3.05, 3.63) is 12.7 Å². The zero-order chi connectivity index (χ0) is 12.1. The molecule has 0 aliphatic carbocycles. The van der Waals surface area contributed by atoms with Crippen LogP contribution in [-0.4, -0.2) is 41.5 Å². The number of carbonyl (C=O) groups excluding carboxylic acids is 1. The van der Waals surface area contributed by atoms with Crippen LogP contribution in [0.4, 0.5) is 0 Å². The van der Waals surface area contributed by atoms with Gasteiger partial charge in [-0.3, -0.25) is 9.59 Å². The molecule has 0 aromatic rings. The molecule has 0 aromatic heterocycles. The van der Waals surface area contributed by atoms with Crippen molar-refractivity contribution in [1.29, 1.82) is 0 Å². The molecule has 3 N–H and O–H groups in total. The monoisotopic (exact) mass is 214 g/mol. The Balaban J connectivity index is 4.68. The third-order valence-electron chi connectivity index (χ3n) is 2.05. The van der Waals surface area contributed by atoms with Crippen molar-refractivity contribution in [2.24, 2.45) is 11.1 Å². The number of nitrogens with zero attached hydrogens (tertiary/aromatic N) is 1. The molecular formula is C10H18N2O3. The van der Waals surface area contributed by atoms with Gasteiger partial charge in [-0.15, -0.1) is 6.58 Å². The lowest BCUT2D eigenvalue weighted by molar-refractivity contribution is -0.148. The number of nitrogens with two attached hydrogens (primary N) is 1. The van der Waals surface area contributed by atoms with Crippen LogP contribution in [0.25, 0.3) is 0 Å². The highest BCUT2D eigenvalue weighted by Gasteiger charge is 2.30. The molecule has 0 aliphatic rings. The van der Waals surface area contributed by atoms with E-state index in [1.54, 1.807) is 13.8 Å². The summed E-state index contributed by atoms with van der Waals surface area (Å²) in [6.45, 7) is 6.93. The average molecular weight is 214 g/mol. The van der Waals surface area contributed by atoms with Crippen molar-refractivity contribution < 1.29 is 14.7 Å². The molecule has 0 fully saturated rings. The van der Waals surface area contributed by atoms with E-state index in [1.807, 2.05) is 0 Å². The third kappa shape index (κ3) is 4.12. The summed E-state index contributed by atoms with van der Waals surface area (Å²) in [5.41, 5.74) is 4.71. The number of carboxylic acid groups (broad SMARTS) is 1. The van der Waals surface area contributed by atoms with Crippen LogP contribution < -0.4 is 5.73 Å². The second-order valence-electron chi connectivity index (χ2n) is 3.96. The predicted molar refractivity (Wildman–Crippen MR) is 57.2 cm³/mol. The van der Waals surface area contributed by atoms with E-state index in [4.69, 9.17) is 10.8 Å². The van der Waals surface area contributed by atoms with Crippen LogP contribution in [0.2, 0.25) is 0 Å². The molecule has 0 radical (unpaired) electrons. The molecule has 0 unspecified atom stereocenters. The lowest BCUT2D eigenvalue weighted by Crippen LogP contribution is -2.46. The summed E-state index contributed by atoms with van der Waals surface area (Å²) in [6, 6.07) is 0. The van der Waals surface area contributed by atoms with Gasteiger partial charge in [0.1, 0.15) is 6.54 Å². The van der Waals surface area contributed by atoms with E-state index in [9.17, 15) is 9.59 Å². The molecule has 0 heterocycles. The maximum atomic E-state index is 11.9. The number of hydrogen-bond donors (Lipinski definition) is 2. The van der Waals surface area contributed by atoms with Crippen molar-refractivity contribution in [1.82, 2.24) is 4.90 Å². The summed E-state index contributed by atoms with van der Waals surface area (Å²) >= 11 is 0. The molecule has 0 saturated heterocycles. The molecule has 0 saturated carbocycles. The summed E-state index contributed by atoms with van der Waals surface area (Å²) in [5, 5.41) is 8.64. The van der Waals surface area contributed by atoms with E-state index < -0.39 is 11.4 Å². The second kappa shape index (κ2) is 5.50. The van der Waals surface area contributed by atoms with Gasteiger partial charge >= 0.3 is 5.97 Å². The fourth-order valence-electron chi connectivity index (χ4n) is 1.05. The first-order valence-electron chi connectivity index (χ1n) is 4.67. The Morgan fingerprint density at radius 3 is 2.40 bits per heavy atom. The molecule has 0 aliphatic heterocycles. The number of rotatable bonds is 6. The normalized spacial score (nSPS) is 10.9. The van der Waals surface area contributed by atoms with Gasteiger partial charge in [-0.05, 0) is 13.8 Å². The molecule has 5 nitrogen and oxygen atoms in total. The van der Waals surface area contributed by atoms with Crippen molar-refractivity contribution in [2.45, 2.75) is 13.8 Å². The standard InChI is InChI=1S/C10H18N2O3/c1-4-5-12(6-8(13)14)9(15)10(2,3)7-11/h4H,1,5-7,11H2,2-3H3,(H,13,14). The summed E-state index contributed by atoms with van der Waals surface area (Å²) in [7, 11) is 0. The van der Waals surface area contributed by atoms with Crippen LogP contribution in [0.1, 0.15) is 13.8 Å². The number of aliphatic carboxylic acids is 1. The maximum Gasteiger partial charge on any atom is 0.323 e. The number of carbonyl (C=O) groups is 2. The van der Waals surface area contributed by atoms with Crippen molar-refractivity contribution >= 4 is 11.9 Å². The van der Waals surface area contributed by atoms with Crippen molar-refractivity contribution in [2.75, 3.05) is 19.6 Å². The van der Waals surface area contributed by atoms with E-state index in [0.29, 0.717) is 0 Å². The van der Waals surface area contributed by atoms with E-state index in [0.717, 1.165) is 0 Å². The summed E-state index contributed by atoms with van der Waals surface area (Å²) < 4.78 is 0. The number of amides is 1. The van der Waals surface area contributed by atoms with Crippen molar-refractivity contribution in [3.8, 4) is 0 Å². The van der Waals surface area contributed by atoms with Gasteiger partial charge in [0, 0.05) is 13.1 Å². The molecule has 0 bridgehead atoms. The van der Waals surface area contributed by atoms with Gasteiger partial charge in [-0.1, -0.05) is 6.08 Å². The van der Waals surface area contributed by atoms with Crippen LogP contribution in [0.3, 0.4) is 0 Å². The van der Waals surface area contributed by atoms with Gasteiger partial charge in [0.15, 0.2) is 0 Å². The van der Waals surface area contributed by atoms with Crippen LogP contribution in [-0.2, 0) is 9.59 Å². The van der Waals surface area contributed by atoms with Crippen molar-refractivity contribution in [3.63, 3.8) is 0 Å². The molecule has 5 heteroatoms. The minimum Gasteiger partial charge on any atom is -0.480 e. The highest BCUT2D eigenvalue weighted by Crippen LogP contribution is 2.16. The predicted octanol–water partition coefficient (Wildman–Crippen LogP) is 0.0705. The van der Waals surface area contributed by atoms with Gasteiger partial charge in [0.2, 0.25) is 5.91 Å². The largest absolute Gasteiger partial charge is 0.480 e. The van der Waals surface area contributed by atoms with Crippen LogP contribution in [0.5, 0.6) is 0 Å². The molecule has 0 spiro atoms. The first kappa shape index (κ1) is 13.6. The zero-order valence-corrected chi connectivity index (χ0v) is 9.19. The van der Waals surface area contributed by atoms with Crippen LogP contribution in [0.15, 0.2) is 12.7 Å². The average Bonchev–Trinajstić information content (AvgIpc) is 2.15. The van der Waals surface area contributed by atoms with Gasteiger partial charge in [-0.2, -0.15) is 0 Å². The smallest absolute Gasteiger partial charge is 0.323 e. The Bertz CT molecular complexity index is 261. The van der Waals surface area contributed by atoms with Gasteiger partial charge in [0.05, 0.1) is 5.41 Å². The highest BCUT2D eigenvalue weighted by molar-refractivity contribution is 5.85. The lowest BCUT2D eigenvalue weighted by atomic mass is 9.92. The lowest BCUT2D eigenvalue weighted by Gasteiger charge is -2.29. The molecule has 0 atom stereocenters. The Morgan fingerprint density at radius 1 is 1.53 bits per heavy atom.